The molecule has 0 bridgehead atoms. The van der Waals surface area contributed by atoms with Crippen LogP contribution < -0.4 is 2.81 Å². The molecule has 1 unspecified atom stereocenters. The zero-order chi connectivity index (χ0) is 16.6. The van der Waals surface area contributed by atoms with E-state index in [1.807, 2.05) is 0 Å². The van der Waals surface area contributed by atoms with Crippen molar-refractivity contribution in [3.8, 4) is 0 Å². The van der Waals surface area contributed by atoms with E-state index in [0.717, 1.165) is 0 Å². The summed E-state index contributed by atoms with van der Waals surface area (Å²) in [7, 11) is -4.84. The van der Waals surface area contributed by atoms with Gasteiger partial charge < -0.3 is 10.2 Å². The van der Waals surface area contributed by atoms with Gasteiger partial charge in [0.25, 0.3) is 10.1 Å². The minimum atomic E-state index is -4.84. The predicted molar refractivity (Wildman–Crippen MR) is 76.4 cm³/mol. The smallest absolute Gasteiger partial charge is 0.325 e. The summed E-state index contributed by atoms with van der Waals surface area (Å²) in [6.45, 7) is 2.21. The van der Waals surface area contributed by atoms with Gasteiger partial charge in [0.15, 0.2) is 5.25 Å². The van der Waals surface area contributed by atoms with Crippen molar-refractivity contribution in [3.05, 3.63) is 29.8 Å². The third-order valence-corrected chi connectivity index (χ3v) is 4.70. The first-order chi connectivity index (χ1) is 9.59. The van der Waals surface area contributed by atoms with Gasteiger partial charge in [-0.2, -0.15) is 8.42 Å². The first kappa shape index (κ1) is 20.1. The molecule has 0 saturated carbocycles. The zero-order valence-electron chi connectivity index (χ0n) is 11.7. The maximum absolute atomic E-state index is 10.2. The molecule has 21 heavy (non-hydrogen) atoms. The third kappa shape index (κ3) is 8.18. The van der Waals surface area contributed by atoms with Crippen LogP contribution in [0, 0.1) is 0 Å². The van der Waals surface area contributed by atoms with E-state index in [2.05, 4.69) is 31.2 Å². The van der Waals surface area contributed by atoms with Crippen molar-refractivity contribution in [2.45, 2.75) is 25.0 Å². The topological polar surface area (TPSA) is 129 Å². The predicted octanol–water partition coefficient (Wildman–Crippen LogP) is -0.155. The van der Waals surface area contributed by atoms with Gasteiger partial charge in [0.1, 0.15) is 0 Å². The molecule has 3 N–H and O–H groups in total. The van der Waals surface area contributed by atoms with E-state index in [1.54, 1.807) is 2.81 Å². The summed E-state index contributed by atoms with van der Waals surface area (Å²) in [4.78, 5) is 20.0. The molecule has 0 radical (unpaired) electrons. The SMILES string of the molecule is CCc1cccc[c]1[Na].O=C(O)CC(C(=O)O)S(=O)(=O)O. The molecule has 1 rings (SSSR count). The van der Waals surface area contributed by atoms with Gasteiger partial charge in [0.05, 0.1) is 6.42 Å². The quantitative estimate of drug-likeness (QED) is 0.506. The molecule has 1 aromatic rings. The number of carbonyl (C=O) groups is 2. The number of carboxylic acid groups (broad SMARTS) is 2. The van der Waals surface area contributed by atoms with Gasteiger partial charge in [-0.1, -0.05) is 0 Å². The molecule has 0 fully saturated rings. The molecule has 0 aromatic heterocycles. The maximum atomic E-state index is 10.2. The average Bonchev–Trinajstić information content (AvgIpc) is 2.35. The summed E-state index contributed by atoms with van der Waals surface area (Å²) in [6.07, 6.45) is 0.0217. The second-order valence-electron chi connectivity index (χ2n) is 4.22. The van der Waals surface area contributed by atoms with Crippen molar-refractivity contribution in [2.24, 2.45) is 0 Å². The molecular weight excluding hydrogens is 311 g/mol. The molecule has 7 nitrogen and oxygen atoms in total. The third-order valence-electron chi connectivity index (χ3n) is 2.64. The minimum Gasteiger partial charge on any atom is -0.481 e. The Morgan fingerprint density at radius 2 is 1.76 bits per heavy atom. The summed E-state index contributed by atoms with van der Waals surface area (Å²) in [5.41, 5.74) is 1.52. The van der Waals surface area contributed by atoms with Crippen LogP contribution in [0.15, 0.2) is 24.3 Å². The van der Waals surface area contributed by atoms with E-state index >= 15 is 0 Å². The molecule has 0 aliphatic heterocycles. The number of benzene rings is 1. The van der Waals surface area contributed by atoms with Crippen molar-refractivity contribution in [1.29, 1.82) is 0 Å². The number of rotatable bonds is 5. The number of hydrogen-bond donors (Lipinski definition) is 3. The summed E-state index contributed by atoms with van der Waals surface area (Å²) in [5.74, 6) is -3.50. The van der Waals surface area contributed by atoms with Gasteiger partial charge in [0.2, 0.25) is 0 Å². The monoisotopic (exact) mass is 326 g/mol. The van der Waals surface area contributed by atoms with E-state index in [1.165, 1.54) is 39.9 Å². The molecule has 0 aliphatic rings. The van der Waals surface area contributed by atoms with Crippen molar-refractivity contribution in [3.63, 3.8) is 0 Å². The van der Waals surface area contributed by atoms with Gasteiger partial charge in [-0.25, -0.2) is 0 Å². The second-order valence-corrected chi connectivity index (χ2v) is 6.90. The summed E-state index contributed by atoms with van der Waals surface area (Å²) in [6, 6.07) is 8.65. The molecule has 9 heteroatoms. The van der Waals surface area contributed by atoms with Gasteiger partial charge in [-0.15, -0.1) is 0 Å². The van der Waals surface area contributed by atoms with Crippen LogP contribution in [-0.2, 0) is 26.1 Å². The molecule has 0 amide bonds. The Bertz CT molecular complexity index is 597. The minimum absolute atomic E-state index is 1.16. The van der Waals surface area contributed by atoms with Crippen molar-refractivity contribution < 1.29 is 32.8 Å². The van der Waals surface area contributed by atoms with Crippen LogP contribution in [0.3, 0.4) is 0 Å². The van der Waals surface area contributed by atoms with Crippen LogP contribution in [0.25, 0.3) is 0 Å². The maximum Gasteiger partial charge on any atom is 0.325 e. The fourth-order valence-corrected chi connectivity index (χ4v) is 2.81. The van der Waals surface area contributed by atoms with E-state index in [9.17, 15) is 18.0 Å². The molecule has 1 aromatic carbocycles. The van der Waals surface area contributed by atoms with E-state index in [4.69, 9.17) is 14.8 Å². The van der Waals surface area contributed by atoms with E-state index < -0.39 is 33.7 Å². The standard InChI is InChI=1S/C8H9.C4H6O7S.Na/c1-2-8-6-4-3-5-7-8;5-3(6)1-2(4(7)8)12(9,10)11;/h3-6H,2H2,1H3;2H,1H2,(H,5,6)(H,7,8)(H,9,10,11);. The van der Waals surface area contributed by atoms with Crippen LogP contribution in [0.2, 0.25) is 0 Å². The molecular formula is C12H15NaO7S. The van der Waals surface area contributed by atoms with E-state index in [0.29, 0.717) is 0 Å². The van der Waals surface area contributed by atoms with Gasteiger partial charge >= 0.3 is 85.9 Å². The number of carboxylic acids is 2. The van der Waals surface area contributed by atoms with Gasteiger partial charge in [0, 0.05) is 0 Å². The van der Waals surface area contributed by atoms with Crippen molar-refractivity contribution in [2.75, 3.05) is 0 Å². The Balaban J connectivity index is 0.000000394. The van der Waals surface area contributed by atoms with E-state index in [-0.39, 0.29) is 0 Å². The molecule has 1 atom stereocenters. The Labute approximate surface area is 140 Å². The Morgan fingerprint density at radius 3 is 2.00 bits per heavy atom. The fourth-order valence-electron chi connectivity index (χ4n) is 1.49. The molecule has 0 spiro atoms. The molecule has 112 valence electrons. The van der Waals surface area contributed by atoms with Crippen molar-refractivity contribution in [1.82, 2.24) is 0 Å². The first-order valence-corrected chi connectivity index (χ1v) is 8.55. The summed E-state index contributed by atoms with van der Waals surface area (Å²) >= 11 is 1.19. The number of hydrogen-bond acceptors (Lipinski definition) is 4. The summed E-state index contributed by atoms with van der Waals surface area (Å²) < 4.78 is 30.2. The van der Waals surface area contributed by atoms with Gasteiger partial charge in [-0.05, 0) is 0 Å². The zero-order valence-corrected chi connectivity index (χ0v) is 14.5. The Morgan fingerprint density at radius 1 is 1.24 bits per heavy atom. The van der Waals surface area contributed by atoms with Crippen LogP contribution in [0.5, 0.6) is 0 Å². The molecule has 0 aliphatic carbocycles. The Hall–Kier alpha value is -0.930. The molecule has 0 heterocycles. The fraction of sp³-hybridized carbons (Fsp3) is 0.333. The second kappa shape index (κ2) is 9.16. The van der Waals surface area contributed by atoms with Gasteiger partial charge in [-0.3, -0.25) is 14.1 Å². The summed E-state index contributed by atoms with van der Waals surface area (Å²) in [5, 5.41) is 13.9. The van der Waals surface area contributed by atoms with Crippen LogP contribution >= 0.6 is 0 Å². The average molecular weight is 326 g/mol. The molecule has 0 saturated heterocycles. The number of aryl methyl sites for hydroxylation is 1. The Kier molecular flexibility index (Phi) is 8.76. The van der Waals surface area contributed by atoms with Crippen LogP contribution in [0.1, 0.15) is 18.9 Å². The normalized spacial score (nSPS) is 12.0. The van der Waals surface area contributed by atoms with Crippen LogP contribution in [0.4, 0.5) is 0 Å². The van der Waals surface area contributed by atoms with Crippen LogP contribution in [-0.4, -0.2) is 68.3 Å². The first-order valence-electron chi connectivity index (χ1n) is 6.05. The largest absolute Gasteiger partial charge is 0.481 e. The number of aliphatic carboxylic acids is 2. The van der Waals surface area contributed by atoms with Crippen molar-refractivity contribution >= 4 is 52.8 Å².